The number of hydrogen-bond donors (Lipinski definition) is 1. The number of benzene rings is 1. The standard InChI is InChI=1S/C19H20N2O3S/c22-17-10-14(19(24-17)8-4-5-9-19)18(23)20-11-16-21-15(12-25-16)13-6-2-1-3-7-13/h1-3,6-7,12,14H,4-5,8-11H2,(H,20,23). The minimum Gasteiger partial charge on any atom is -0.458 e. The van der Waals surface area contributed by atoms with Crippen LogP contribution in [0.1, 0.15) is 37.1 Å². The van der Waals surface area contributed by atoms with Gasteiger partial charge in [0.1, 0.15) is 10.6 Å². The number of hydrogen-bond acceptors (Lipinski definition) is 5. The number of rotatable bonds is 4. The zero-order chi connectivity index (χ0) is 17.3. The molecule has 5 nitrogen and oxygen atoms in total. The van der Waals surface area contributed by atoms with Crippen molar-refractivity contribution in [2.24, 2.45) is 5.92 Å². The molecule has 1 saturated heterocycles. The minimum atomic E-state index is -0.556. The highest BCUT2D eigenvalue weighted by molar-refractivity contribution is 7.09. The van der Waals surface area contributed by atoms with Crippen LogP contribution in [0, 0.1) is 5.92 Å². The van der Waals surface area contributed by atoms with Crippen LogP contribution in [0.15, 0.2) is 35.7 Å². The lowest BCUT2D eigenvalue weighted by Gasteiger charge is -2.27. The first-order valence-corrected chi connectivity index (χ1v) is 9.54. The van der Waals surface area contributed by atoms with E-state index in [0.717, 1.165) is 41.9 Å². The van der Waals surface area contributed by atoms with Crippen LogP contribution in [0.25, 0.3) is 11.3 Å². The zero-order valence-corrected chi connectivity index (χ0v) is 14.7. The molecule has 2 fully saturated rings. The summed E-state index contributed by atoms with van der Waals surface area (Å²) >= 11 is 1.53. The highest BCUT2D eigenvalue weighted by Crippen LogP contribution is 2.45. The van der Waals surface area contributed by atoms with Crippen molar-refractivity contribution in [2.75, 3.05) is 0 Å². The quantitative estimate of drug-likeness (QED) is 0.854. The Balaban J connectivity index is 1.41. The molecule has 0 radical (unpaired) electrons. The first kappa shape index (κ1) is 16.3. The van der Waals surface area contributed by atoms with Gasteiger partial charge in [-0.2, -0.15) is 0 Å². The molecule has 2 aromatic rings. The molecule has 1 saturated carbocycles. The van der Waals surface area contributed by atoms with Crippen molar-refractivity contribution in [1.82, 2.24) is 10.3 Å². The average Bonchev–Trinajstić information content (AvgIpc) is 3.35. The third-order valence-corrected chi connectivity index (χ3v) is 5.97. The smallest absolute Gasteiger partial charge is 0.307 e. The van der Waals surface area contributed by atoms with Gasteiger partial charge in [-0.15, -0.1) is 11.3 Å². The van der Waals surface area contributed by atoms with Crippen molar-refractivity contribution in [3.05, 3.63) is 40.7 Å². The van der Waals surface area contributed by atoms with E-state index in [-0.39, 0.29) is 24.2 Å². The lowest BCUT2D eigenvalue weighted by atomic mass is 9.85. The van der Waals surface area contributed by atoms with E-state index in [9.17, 15) is 9.59 Å². The van der Waals surface area contributed by atoms with Gasteiger partial charge in [-0.1, -0.05) is 30.3 Å². The van der Waals surface area contributed by atoms with Gasteiger partial charge in [0.25, 0.3) is 0 Å². The second kappa shape index (κ2) is 6.59. The van der Waals surface area contributed by atoms with Crippen molar-refractivity contribution in [3.63, 3.8) is 0 Å². The minimum absolute atomic E-state index is 0.0933. The Hall–Kier alpha value is -2.21. The van der Waals surface area contributed by atoms with E-state index >= 15 is 0 Å². The Bertz CT molecular complexity index is 781. The molecule has 0 bridgehead atoms. The molecule has 25 heavy (non-hydrogen) atoms. The first-order chi connectivity index (χ1) is 12.2. The van der Waals surface area contributed by atoms with Gasteiger partial charge in [0.05, 0.1) is 24.6 Å². The maximum atomic E-state index is 12.6. The highest BCUT2D eigenvalue weighted by atomic mass is 32.1. The summed E-state index contributed by atoms with van der Waals surface area (Å²) in [4.78, 5) is 29.0. The van der Waals surface area contributed by atoms with Crippen molar-refractivity contribution < 1.29 is 14.3 Å². The van der Waals surface area contributed by atoms with E-state index in [0.29, 0.717) is 6.54 Å². The van der Waals surface area contributed by atoms with Crippen molar-refractivity contribution in [2.45, 2.75) is 44.2 Å². The molecule has 1 N–H and O–H groups in total. The molecule has 1 unspecified atom stereocenters. The predicted octanol–water partition coefficient (Wildman–Crippen LogP) is 3.30. The molecule has 1 aliphatic heterocycles. The van der Waals surface area contributed by atoms with Crippen LogP contribution in [0.5, 0.6) is 0 Å². The summed E-state index contributed by atoms with van der Waals surface area (Å²) in [7, 11) is 0. The van der Waals surface area contributed by atoms with Crippen molar-refractivity contribution in [1.29, 1.82) is 0 Å². The number of carbonyl (C=O) groups is 2. The second-order valence-corrected chi connectivity index (χ2v) is 7.66. The lowest BCUT2D eigenvalue weighted by molar-refractivity contribution is -0.149. The summed E-state index contributed by atoms with van der Waals surface area (Å²) in [6, 6.07) is 9.97. The molecule has 4 rings (SSSR count). The van der Waals surface area contributed by atoms with Crippen molar-refractivity contribution >= 4 is 23.2 Å². The largest absolute Gasteiger partial charge is 0.458 e. The molecule has 2 aliphatic rings. The number of aromatic nitrogens is 1. The molecule has 6 heteroatoms. The third-order valence-electron chi connectivity index (χ3n) is 5.12. The average molecular weight is 356 g/mol. The molecular formula is C19H20N2O3S. The van der Waals surface area contributed by atoms with Gasteiger partial charge in [0.2, 0.25) is 5.91 Å². The van der Waals surface area contributed by atoms with Crippen LogP contribution >= 0.6 is 11.3 Å². The Labute approximate surface area is 150 Å². The van der Waals surface area contributed by atoms with Crippen molar-refractivity contribution in [3.8, 4) is 11.3 Å². The normalized spacial score (nSPS) is 21.4. The Kier molecular flexibility index (Phi) is 4.29. The maximum Gasteiger partial charge on any atom is 0.307 e. The van der Waals surface area contributed by atoms with Gasteiger partial charge in [0.15, 0.2) is 0 Å². The lowest BCUT2D eigenvalue weighted by Crippen LogP contribution is -2.42. The van der Waals surface area contributed by atoms with Gasteiger partial charge in [0, 0.05) is 10.9 Å². The molecule has 1 aliphatic carbocycles. The molecule has 1 spiro atoms. The number of carbonyl (C=O) groups excluding carboxylic acids is 2. The molecular weight excluding hydrogens is 336 g/mol. The van der Waals surface area contributed by atoms with Gasteiger partial charge in [-0.05, 0) is 25.7 Å². The SMILES string of the molecule is O=C1CC(C(=O)NCc2nc(-c3ccccc3)cs2)C2(CCCC2)O1. The summed E-state index contributed by atoms with van der Waals surface area (Å²) in [5.74, 6) is -0.706. The summed E-state index contributed by atoms with van der Waals surface area (Å²) in [6.45, 7) is 0.386. The van der Waals surface area contributed by atoms with Gasteiger partial charge < -0.3 is 10.1 Å². The number of nitrogens with one attached hydrogen (secondary N) is 1. The fourth-order valence-corrected chi connectivity index (χ4v) is 4.61. The Morgan fingerprint density at radius 1 is 1.28 bits per heavy atom. The fourth-order valence-electron chi connectivity index (χ4n) is 3.87. The van der Waals surface area contributed by atoms with Gasteiger partial charge >= 0.3 is 5.97 Å². The highest BCUT2D eigenvalue weighted by Gasteiger charge is 2.53. The fraction of sp³-hybridized carbons (Fsp3) is 0.421. The van der Waals surface area contributed by atoms with Crippen LogP contribution in [-0.4, -0.2) is 22.5 Å². The van der Waals surface area contributed by atoms with Crippen LogP contribution < -0.4 is 5.32 Å². The number of thiazole rings is 1. The van der Waals surface area contributed by atoms with E-state index in [1.54, 1.807) is 0 Å². The molecule has 1 atom stereocenters. The monoisotopic (exact) mass is 356 g/mol. The predicted molar refractivity (Wildman–Crippen MR) is 94.8 cm³/mol. The summed E-state index contributed by atoms with van der Waals surface area (Å²) in [6.07, 6.45) is 3.82. The van der Waals surface area contributed by atoms with E-state index in [1.165, 1.54) is 11.3 Å². The van der Waals surface area contributed by atoms with Crippen LogP contribution in [0.2, 0.25) is 0 Å². The number of amides is 1. The summed E-state index contributed by atoms with van der Waals surface area (Å²) in [5, 5.41) is 5.81. The molecule has 1 amide bonds. The molecule has 130 valence electrons. The second-order valence-electron chi connectivity index (χ2n) is 6.71. The van der Waals surface area contributed by atoms with Gasteiger partial charge in [-0.3, -0.25) is 9.59 Å². The van der Waals surface area contributed by atoms with E-state index in [2.05, 4.69) is 10.3 Å². The number of esters is 1. The van der Waals surface area contributed by atoms with E-state index < -0.39 is 5.60 Å². The Morgan fingerprint density at radius 3 is 2.80 bits per heavy atom. The molecule has 2 heterocycles. The molecule has 1 aromatic heterocycles. The number of ether oxygens (including phenoxy) is 1. The van der Waals surface area contributed by atoms with Crippen LogP contribution in [0.3, 0.4) is 0 Å². The summed E-state index contributed by atoms with van der Waals surface area (Å²) in [5.41, 5.74) is 1.43. The number of nitrogens with zero attached hydrogens (tertiary/aromatic N) is 1. The third kappa shape index (κ3) is 3.18. The zero-order valence-electron chi connectivity index (χ0n) is 13.9. The topological polar surface area (TPSA) is 68.3 Å². The van der Waals surface area contributed by atoms with E-state index in [4.69, 9.17) is 4.74 Å². The van der Waals surface area contributed by atoms with E-state index in [1.807, 2.05) is 35.7 Å². The first-order valence-electron chi connectivity index (χ1n) is 8.66. The summed E-state index contributed by atoms with van der Waals surface area (Å²) < 4.78 is 5.54. The van der Waals surface area contributed by atoms with Gasteiger partial charge in [-0.25, -0.2) is 4.98 Å². The maximum absolute atomic E-state index is 12.6. The molecule has 1 aromatic carbocycles. The Morgan fingerprint density at radius 2 is 2.04 bits per heavy atom. The van der Waals surface area contributed by atoms with Crippen LogP contribution in [0.4, 0.5) is 0 Å². The van der Waals surface area contributed by atoms with Crippen LogP contribution in [-0.2, 0) is 20.9 Å².